The summed E-state index contributed by atoms with van der Waals surface area (Å²) in [5, 5.41) is 0. The van der Waals surface area contributed by atoms with Gasteiger partial charge < -0.3 is 9.47 Å². The van der Waals surface area contributed by atoms with E-state index in [-0.39, 0.29) is 5.78 Å². The highest BCUT2D eigenvalue weighted by molar-refractivity contribution is 6.10. The Morgan fingerprint density at radius 2 is 1.15 bits per heavy atom. The van der Waals surface area contributed by atoms with Crippen LogP contribution in [0.5, 0.6) is 11.5 Å². The maximum atomic E-state index is 12.8. The summed E-state index contributed by atoms with van der Waals surface area (Å²) >= 11 is 0. The van der Waals surface area contributed by atoms with Crippen LogP contribution in [0.2, 0.25) is 0 Å². The first-order chi connectivity index (χ1) is 22.5. The second kappa shape index (κ2) is 14.2. The number of hydrogen-bond acceptors (Lipinski definition) is 5. The fourth-order valence-electron chi connectivity index (χ4n) is 5.58. The number of nitrogens with zero attached hydrogens (tertiary/aromatic N) is 2. The molecule has 5 aromatic rings. The molecule has 7 heteroatoms. The molecule has 5 aromatic carbocycles. The number of carbonyl (C=O) groups excluding carboxylic acids is 1. The number of ether oxygens (including phenoxy) is 2. The molecule has 230 valence electrons. The van der Waals surface area contributed by atoms with Crippen molar-refractivity contribution in [3.05, 3.63) is 154 Å². The fraction of sp³-hybridized carbons (Fsp3) is 0.154. The van der Waals surface area contributed by atoms with Crippen molar-refractivity contribution in [2.24, 2.45) is 0 Å². The normalized spacial score (nSPS) is 13.0. The minimum Gasteiger partial charge on any atom is -0.435 e. The minimum absolute atomic E-state index is 0.0248. The Morgan fingerprint density at radius 1 is 0.652 bits per heavy atom. The van der Waals surface area contributed by atoms with E-state index >= 15 is 0 Å². The van der Waals surface area contributed by atoms with Gasteiger partial charge in [-0.15, -0.1) is 0 Å². The lowest BCUT2D eigenvalue weighted by Gasteiger charge is -2.16. The van der Waals surface area contributed by atoms with E-state index in [1.165, 1.54) is 7.11 Å². The molecule has 0 spiro atoms. The Bertz CT molecular complexity index is 1900. The van der Waals surface area contributed by atoms with Crippen LogP contribution in [0.25, 0.3) is 0 Å². The standard InChI is InChI=1S/C22H18NO2.C17H18NO3/c1-16-12-18(21(24)17-8-4-2-5-9-17)13-19-14-23(15-25-22(16)19)20-10-6-3-7-11-20;1-13-8-14(11-21-19-2)9-15-10-18(12-20-17(13)15)16-6-4-3-5-7-16/h2-14H,15H2,1H3;3-10H,11-12H2,1-2H3/q2*+1. The third-order valence-corrected chi connectivity index (χ3v) is 7.77. The molecule has 2 heterocycles. The number of ketones is 1. The van der Waals surface area contributed by atoms with Crippen LogP contribution in [0.15, 0.2) is 115 Å². The highest BCUT2D eigenvalue weighted by Crippen LogP contribution is 2.30. The molecular formula is C39H36N2O5+2. The molecule has 46 heavy (non-hydrogen) atoms. The maximum absolute atomic E-state index is 12.8. The van der Waals surface area contributed by atoms with Crippen molar-refractivity contribution in [1.29, 1.82) is 0 Å². The Kier molecular flexibility index (Phi) is 9.43. The van der Waals surface area contributed by atoms with E-state index < -0.39 is 0 Å². The SMILES string of the molecule is COOCc1cc(C)c2c(c1)C=[N+](c1ccccc1)CO2.Cc1cc(C(=O)c2ccccc2)cc2c1OC[N+](c1ccccc1)=C2. The first-order valence-electron chi connectivity index (χ1n) is 15.1. The molecule has 0 bridgehead atoms. The monoisotopic (exact) mass is 612 g/mol. The van der Waals surface area contributed by atoms with Crippen molar-refractivity contribution in [1.82, 2.24) is 0 Å². The molecular weight excluding hydrogens is 576 g/mol. The van der Waals surface area contributed by atoms with Gasteiger partial charge in [0, 0.05) is 35.4 Å². The Labute approximate surface area is 269 Å². The molecule has 0 amide bonds. The lowest BCUT2D eigenvalue weighted by atomic mass is 9.98. The van der Waals surface area contributed by atoms with Crippen LogP contribution < -0.4 is 9.47 Å². The van der Waals surface area contributed by atoms with Crippen molar-refractivity contribution in [3.63, 3.8) is 0 Å². The predicted octanol–water partition coefficient (Wildman–Crippen LogP) is 7.53. The molecule has 7 rings (SSSR count). The number of aryl methyl sites for hydroxylation is 2. The third kappa shape index (κ3) is 6.96. The van der Waals surface area contributed by atoms with Gasteiger partial charge in [-0.3, -0.25) is 4.79 Å². The van der Waals surface area contributed by atoms with E-state index in [0.29, 0.717) is 31.2 Å². The van der Waals surface area contributed by atoms with E-state index in [0.717, 1.165) is 50.7 Å². The van der Waals surface area contributed by atoms with Crippen LogP contribution in [-0.4, -0.2) is 47.9 Å². The van der Waals surface area contributed by atoms with Crippen LogP contribution in [-0.2, 0) is 16.4 Å². The van der Waals surface area contributed by atoms with E-state index in [1.54, 1.807) is 0 Å². The molecule has 0 fully saturated rings. The van der Waals surface area contributed by atoms with Crippen LogP contribution in [0.1, 0.15) is 43.7 Å². The molecule has 0 unspecified atom stereocenters. The number of carbonyl (C=O) groups is 1. The van der Waals surface area contributed by atoms with Crippen molar-refractivity contribution in [3.8, 4) is 11.5 Å². The zero-order valence-corrected chi connectivity index (χ0v) is 26.2. The second-order valence-electron chi connectivity index (χ2n) is 11.1. The van der Waals surface area contributed by atoms with Gasteiger partial charge in [0.15, 0.2) is 18.2 Å². The van der Waals surface area contributed by atoms with Crippen LogP contribution in [0, 0.1) is 13.8 Å². The summed E-state index contributed by atoms with van der Waals surface area (Å²) < 4.78 is 16.0. The molecule has 0 saturated heterocycles. The molecule has 2 aliphatic rings. The van der Waals surface area contributed by atoms with Gasteiger partial charge in [0.2, 0.25) is 11.4 Å². The number of hydrogen-bond donors (Lipinski definition) is 0. The Morgan fingerprint density at radius 3 is 1.70 bits per heavy atom. The third-order valence-electron chi connectivity index (χ3n) is 7.77. The van der Waals surface area contributed by atoms with Crippen molar-refractivity contribution < 1.29 is 33.2 Å². The number of rotatable bonds is 7. The van der Waals surface area contributed by atoms with Crippen LogP contribution >= 0.6 is 0 Å². The highest BCUT2D eigenvalue weighted by atomic mass is 17.2. The van der Waals surface area contributed by atoms with Gasteiger partial charge in [0.1, 0.15) is 18.1 Å². The first kappa shape index (κ1) is 30.6. The Balaban J connectivity index is 0.000000164. The fourth-order valence-corrected chi connectivity index (χ4v) is 5.58. The van der Waals surface area contributed by atoms with Crippen LogP contribution in [0.3, 0.4) is 0 Å². The summed E-state index contributed by atoms with van der Waals surface area (Å²) in [7, 11) is 1.51. The van der Waals surface area contributed by atoms with Gasteiger partial charge in [-0.05, 0) is 54.8 Å². The van der Waals surface area contributed by atoms with Crippen molar-refractivity contribution >= 4 is 29.6 Å². The zero-order chi connectivity index (χ0) is 31.9. The van der Waals surface area contributed by atoms with Gasteiger partial charge >= 0.3 is 0 Å². The summed E-state index contributed by atoms with van der Waals surface area (Å²) in [5.41, 5.74) is 8.66. The molecule has 0 aromatic heterocycles. The predicted molar refractivity (Wildman–Crippen MR) is 178 cm³/mol. The van der Waals surface area contributed by atoms with E-state index in [9.17, 15) is 4.79 Å². The first-order valence-corrected chi connectivity index (χ1v) is 15.1. The number of fused-ring (bicyclic) bond motifs is 2. The summed E-state index contributed by atoms with van der Waals surface area (Å²) in [4.78, 5) is 22.4. The molecule has 0 radical (unpaired) electrons. The van der Waals surface area contributed by atoms with Crippen molar-refractivity contribution in [2.75, 3.05) is 20.6 Å². The summed E-state index contributed by atoms with van der Waals surface area (Å²) in [6.07, 6.45) is 4.15. The molecule has 7 nitrogen and oxygen atoms in total. The summed E-state index contributed by atoms with van der Waals surface area (Å²) in [5.74, 6) is 1.80. The maximum Gasteiger partial charge on any atom is 0.292 e. The van der Waals surface area contributed by atoms with Gasteiger partial charge in [-0.25, -0.2) is 9.78 Å². The zero-order valence-electron chi connectivity index (χ0n) is 26.2. The minimum atomic E-state index is 0.0248. The van der Waals surface area contributed by atoms with Gasteiger partial charge in [-0.2, -0.15) is 9.15 Å². The van der Waals surface area contributed by atoms with E-state index in [1.807, 2.05) is 116 Å². The number of benzene rings is 5. The average Bonchev–Trinajstić information content (AvgIpc) is 3.11. The quantitative estimate of drug-likeness (QED) is 0.0824. The lowest BCUT2D eigenvalue weighted by Crippen LogP contribution is -2.21. The smallest absolute Gasteiger partial charge is 0.292 e. The second-order valence-corrected chi connectivity index (χ2v) is 11.1. The molecule has 0 atom stereocenters. The topological polar surface area (TPSA) is 60.0 Å². The van der Waals surface area contributed by atoms with E-state index in [2.05, 4.69) is 39.9 Å². The van der Waals surface area contributed by atoms with Gasteiger partial charge in [-0.1, -0.05) is 66.7 Å². The van der Waals surface area contributed by atoms with Gasteiger partial charge in [0.25, 0.3) is 13.5 Å². The lowest BCUT2D eigenvalue weighted by molar-refractivity contribution is -0.476. The largest absolute Gasteiger partial charge is 0.435 e. The van der Waals surface area contributed by atoms with E-state index in [4.69, 9.17) is 14.4 Å². The van der Waals surface area contributed by atoms with Crippen molar-refractivity contribution in [2.45, 2.75) is 20.5 Å². The highest BCUT2D eigenvalue weighted by Gasteiger charge is 2.23. The average molecular weight is 613 g/mol. The number of para-hydroxylation sites is 2. The molecule has 0 saturated carbocycles. The summed E-state index contributed by atoms with van der Waals surface area (Å²) in [6.45, 7) is 5.42. The molecule has 2 aliphatic heterocycles. The van der Waals surface area contributed by atoms with Crippen LogP contribution in [0.4, 0.5) is 11.4 Å². The summed E-state index contributed by atoms with van der Waals surface area (Å²) in [6, 6.07) is 37.5. The Hall–Kier alpha value is -5.37. The van der Waals surface area contributed by atoms with Gasteiger partial charge in [0.05, 0.1) is 18.2 Å². The molecule has 0 aliphatic carbocycles. The molecule has 0 N–H and O–H groups in total.